The van der Waals surface area contributed by atoms with Gasteiger partial charge in [-0.2, -0.15) is 0 Å². The minimum Gasteiger partial charge on any atom is -0.481 e. The van der Waals surface area contributed by atoms with E-state index in [0.29, 0.717) is 18.9 Å². The van der Waals surface area contributed by atoms with Crippen molar-refractivity contribution in [1.29, 1.82) is 0 Å². The molecule has 1 aliphatic heterocycles. The molecule has 0 aromatic carbocycles. The van der Waals surface area contributed by atoms with Crippen LogP contribution in [0.2, 0.25) is 0 Å². The van der Waals surface area contributed by atoms with E-state index in [2.05, 4.69) is 28.7 Å². The average molecular weight is 277 g/mol. The lowest BCUT2D eigenvalue weighted by molar-refractivity contribution is -0.150. The monoisotopic (exact) mass is 277 g/mol. The number of carbonyl (C=O) groups is 1. The molecule has 5 heteroatoms. The summed E-state index contributed by atoms with van der Waals surface area (Å²) in [5.74, 6) is 0.589. The smallest absolute Gasteiger partial charge is 0.311 e. The van der Waals surface area contributed by atoms with E-state index in [9.17, 15) is 9.90 Å². The van der Waals surface area contributed by atoms with Gasteiger partial charge in [0, 0.05) is 24.8 Å². The summed E-state index contributed by atoms with van der Waals surface area (Å²) < 4.78 is 0. The number of carboxylic acid groups (broad SMARTS) is 1. The maximum atomic E-state index is 11.7. The van der Waals surface area contributed by atoms with Crippen LogP contribution in [-0.2, 0) is 4.79 Å². The van der Waals surface area contributed by atoms with Crippen molar-refractivity contribution < 1.29 is 9.90 Å². The zero-order valence-electron chi connectivity index (χ0n) is 12.6. The second-order valence-electron chi connectivity index (χ2n) is 6.24. The number of anilines is 1. The fraction of sp³-hybridized carbons (Fsp3) is 0.667. The highest BCUT2D eigenvalue weighted by Crippen LogP contribution is 2.39. The molecule has 1 unspecified atom stereocenters. The summed E-state index contributed by atoms with van der Waals surface area (Å²) in [5, 5.41) is 9.58. The normalized spacial score (nSPS) is 22.8. The number of rotatable bonds is 4. The molecule has 1 aromatic heterocycles. The Labute approximate surface area is 120 Å². The molecule has 1 fully saturated rings. The van der Waals surface area contributed by atoms with E-state index >= 15 is 0 Å². The topological polar surface area (TPSA) is 66.3 Å². The van der Waals surface area contributed by atoms with Crippen molar-refractivity contribution in [2.24, 2.45) is 11.3 Å². The van der Waals surface area contributed by atoms with Crippen molar-refractivity contribution in [2.45, 2.75) is 40.0 Å². The fourth-order valence-corrected chi connectivity index (χ4v) is 2.77. The highest BCUT2D eigenvalue weighted by atomic mass is 16.4. The van der Waals surface area contributed by atoms with Crippen LogP contribution in [0, 0.1) is 11.3 Å². The van der Waals surface area contributed by atoms with Gasteiger partial charge >= 0.3 is 5.97 Å². The Hall–Kier alpha value is -1.65. The van der Waals surface area contributed by atoms with Crippen molar-refractivity contribution in [3.8, 4) is 0 Å². The lowest BCUT2D eigenvalue weighted by Crippen LogP contribution is -2.39. The van der Waals surface area contributed by atoms with E-state index in [1.165, 1.54) is 0 Å². The predicted molar refractivity (Wildman–Crippen MR) is 77.9 cm³/mol. The van der Waals surface area contributed by atoms with Gasteiger partial charge in [0.2, 0.25) is 0 Å². The van der Waals surface area contributed by atoms with Gasteiger partial charge in [0.1, 0.15) is 12.1 Å². The van der Waals surface area contributed by atoms with Gasteiger partial charge in [0.25, 0.3) is 0 Å². The average Bonchev–Trinajstić information content (AvgIpc) is 2.85. The molecule has 0 aliphatic carbocycles. The zero-order valence-corrected chi connectivity index (χ0v) is 12.6. The van der Waals surface area contributed by atoms with E-state index < -0.39 is 11.4 Å². The van der Waals surface area contributed by atoms with Gasteiger partial charge in [-0.1, -0.05) is 27.7 Å². The highest BCUT2D eigenvalue weighted by molar-refractivity contribution is 5.77. The first-order valence-corrected chi connectivity index (χ1v) is 7.17. The second-order valence-corrected chi connectivity index (χ2v) is 6.24. The van der Waals surface area contributed by atoms with Gasteiger partial charge in [-0.3, -0.25) is 4.79 Å². The van der Waals surface area contributed by atoms with E-state index in [1.807, 2.05) is 19.9 Å². The van der Waals surface area contributed by atoms with Crippen LogP contribution in [0.3, 0.4) is 0 Å². The maximum Gasteiger partial charge on any atom is 0.311 e. The molecule has 0 saturated carbocycles. The predicted octanol–water partition coefficient (Wildman–Crippen LogP) is 2.54. The number of nitrogens with zero attached hydrogens (tertiary/aromatic N) is 3. The third-order valence-corrected chi connectivity index (χ3v) is 4.42. The maximum absolute atomic E-state index is 11.7. The molecule has 110 valence electrons. The molecule has 1 atom stereocenters. The zero-order chi connectivity index (χ0) is 14.9. The Morgan fingerprint density at radius 1 is 1.35 bits per heavy atom. The lowest BCUT2D eigenvalue weighted by atomic mass is 9.76. The standard InChI is InChI=1S/C15H23N3O2/c1-10(2)12-7-13(17-9-16-12)18-6-5-15(8-18,11(3)4)14(19)20/h7,9-11H,5-6,8H2,1-4H3,(H,19,20). The minimum atomic E-state index is -0.701. The molecular formula is C15H23N3O2. The highest BCUT2D eigenvalue weighted by Gasteiger charge is 2.47. The van der Waals surface area contributed by atoms with Crippen LogP contribution in [0.15, 0.2) is 12.4 Å². The fourth-order valence-electron chi connectivity index (χ4n) is 2.77. The summed E-state index contributed by atoms with van der Waals surface area (Å²) in [6.07, 6.45) is 2.24. The molecule has 5 nitrogen and oxygen atoms in total. The Morgan fingerprint density at radius 2 is 2.05 bits per heavy atom. The van der Waals surface area contributed by atoms with E-state index in [0.717, 1.165) is 18.1 Å². The summed E-state index contributed by atoms with van der Waals surface area (Å²) in [7, 11) is 0. The summed E-state index contributed by atoms with van der Waals surface area (Å²) in [6.45, 7) is 9.40. The first-order valence-electron chi connectivity index (χ1n) is 7.17. The molecule has 1 aliphatic rings. The van der Waals surface area contributed by atoms with E-state index in [4.69, 9.17) is 0 Å². The van der Waals surface area contributed by atoms with Crippen LogP contribution in [0.1, 0.15) is 45.7 Å². The second kappa shape index (κ2) is 5.38. The summed E-state index contributed by atoms with van der Waals surface area (Å²) in [6, 6.07) is 1.98. The largest absolute Gasteiger partial charge is 0.481 e. The van der Waals surface area contributed by atoms with Gasteiger partial charge in [0.05, 0.1) is 5.41 Å². The first kappa shape index (κ1) is 14.8. The third kappa shape index (κ3) is 2.49. The summed E-state index contributed by atoms with van der Waals surface area (Å²) in [4.78, 5) is 22.3. The molecule has 0 amide bonds. The number of hydrogen-bond acceptors (Lipinski definition) is 4. The molecule has 1 N–H and O–H groups in total. The third-order valence-electron chi connectivity index (χ3n) is 4.42. The lowest BCUT2D eigenvalue weighted by Gasteiger charge is -2.29. The van der Waals surface area contributed by atoms with E-state index in [1.54, 1.807) is 6.33 Å². The Morgan fingerprint density at radius 3 is 2.55 bits per heavy atom. The number of aromatic nitrogens is 2. The minimum absolute atomic E-state index is 0.108. The Balaban J connectivity index is 2.25. The number of carboxylic acids is 1. The van der Waals surface area contributed by atoms with Crippen LogP contribution in [0.25, 0.3) is 0 Å². The van der Waals surface area contributed by atoms with Crippen molar-refractivity contribution in [2.75, 3.05) is 18.0 Å². The van der Waals surface area contributed by atoms with Crippen LogP contribution in [0.5, 0.6) is 0 Å². The first-order chi connectivity index (χ1) is 9.36. The van der Waals surface area contributed by atoms with Crippen molar-refractivity contribution in [3.63, 3.8) is 0 Å². The molecular weight excluding hydrogens is 254 g/mol. The van der Waals surface area contributed by atoms with Crippen LogP contribution in [-0.4, -0.2) is 34.1 Å². The molecule has 2 rings (SSSR count). The van der Waals surface area contributed by atoms with Gasteiger partial charge in [-0.25, -0.2) is 9.97 Å². The number of aliphatic carboxylic acids is 1. The molecule has 20 heavy (non-hydrogen) atoms. The van der Waals surface area contributed by atoms with Crippen LogP contribution >= 0.6 is 0 Å². The van der Waals surface area contributed by atoms with Crippen molar-refractivity contribution in [3.05, 3.63) is 18.1 Å². The Kier molecular flexibility index (Phi) is 3.97. The molecule has 0 bridgehead atoms. The Bertz CT molecular complexity index is 502. The van der Waals surface area contributed by atoms with Gasteiger partial charge in [-0.15, -0.1) is 0 Å². The van der Waals surface area contributed by atoms with E-state index in [-0.39, 0.29) is 5.92 Å². The van der Waals surface area contributed by atoms with Crippen molar-refractivity contribution in [1.82, 2.24) is 9.97 Å². The van der Waals surface area contributed by atoms with Crippen molar-refractivity contribution >= 4 is 11.8 Å². The SMILES string of the molecule is CC(C)c1cc(N2CCC(C(=O)O)(C(C)C)C2)ncn1. The quantitative estimate of drug-likeness (QED) is 0.916. The number of hydrogen-bond donors (Lipinski definition) is 1. The molecule has 2 heterocycles. The van der Waals surface area contributed by atoms with Gasteiger partial charge in [-0.05, 0) is 18.3 Å². The van der Waals surface area contributed by atoms with Crippen LogP contribution < -0.4 is 4.90 Å². The van der Waals surface area contributed by atoms with Crippen LogP contribution in [0.4, 0.5) is 5.82 Å². The van der Waals surface area contributed by atoms with Gasteiger partial charge in [0.15, 0.2) is 0 Å². The molecule has 1 aromatic rings. The molecule has 0 spiro atoms. The summed E-state index contributed by atoms with van der Waals surface area (Å²) in [5.41, 5.74) is 0.329. The molecule has 1 saturated heterocycles. The van der Waals surface area contributed by atoms with Gasteiger partial charge < -0.3 is 10.0 Å². The molecule has 0 radical (unpaired) electrons. The summed E-state index contributed by atoms with van der Waals surface area (Å²) >= 11 is 0.